The van der Waals surface area contributed by atoms with Crippen LogP contribution in [0.25, 0.3) is 33.5 Å². The molecule has 0 radical (unpaired) electrons. The molecule has 0 unspecified atom stereocenters. The molecule has 9 nitrogen and oxygen atoms in total. The number of fused-ring (bicyclic) bond motifs is 1. The number of hydrogen-bond acceptors (Lipinski definition) is 6. The van der Waals surface area contributed by atoms with Crippen LogP contribution in [0.1, 0.15) is 25.3 Å². The second-order valence-electron chi connectivity index (χ2n) is 7.63. The molecule has 32 heavy (non-hydrogen) atoms. The van der Waals surface area contributed by atoms with Crippen molar-refractivity contribution in [2.45, 2.75) is 25.3 Å². The lowest BCUT2D eigenvalue weighted by Gasteiger charge is -2.30. The predicted octanol–water partition coefficient (Wildman–Crippen LogP) is 3.46. The van der Waals surface area contributed by atoms with E-state index in [1.165, 1.54) is 6.07 Å². The number of anilines is 1. The minimum atomic E-state index is -0.960. The maximum absolute atomic E-state index is 14.8. The van der Waals surface area contributed by atoms with Gasteiger partial charge in [-0.3, -0.25) is 4.79 Å². The lowest BCUT2D eigenvalue weighted by Crippen LogP contribution is -2.23. The molecule has 0 spiro atoms. The van der Waals surface area contributed by atoms with Crippen LogP contribution in [0.2, 0.25) is 0 Å². The van der Waals surface area contributed by atoms with Gasteiger partial charge in [-0.15, -0.1) is 10.2 Å². The maximum Gasteiger partial charge on any atom is 0.396 e. The van der Waals surface area contributed by atoms with Gasteiger partial charge in [-0.2, -0.15) is 5.21 Å². The van der Waals surface area contributed by atoms with E-state index >= 15 is 0 Å². The zero-order valence-corrected chi connectivity index (χ0v) is 17.1. The van der Waals surface area contributed by atoms with Crippen LogP contribution in [0.15, 0.2) is 42.5 Å². The number of tetrazole rings is 1. The fourth-order valence-corrected chi connectivity index (χ4v) is 3.96. The summed E-state index contributed by atoms with van der Waals surface area (Å²) in [7, 11) is 1.15. The molecule has 1 fully saturated rings. The molecule has 0 saturated heterocycles. The highest BCUT2D eigenvalue weighted by Gasteiger charge is 2.26. The monoisotopic (exact) mass is 434 g/mol. The van der Waals surface area contributed by atoms with Gasteiger partial charge in [0.1, 0.15) is 5.82 Å². The van der Waals surface area contributed by atoms with Gasteiger partial charge < -0.3 is 14.6 Å². The molecular weight excluding hydrogens is 415 g/mol. The minimum Gasteiger partial charge on any atom is -0.462 e. The fraction of sp³-hybridized carbons (Fsp3) is 0.227. The van der Waals surface area contributed by atoms with Gasteiger partial charge in [0.05, 0.1) is 12.7 Å². The number of nitrogens with zero attached hydrogens (tertiary/aromatic N) is 4. The lowest BCUT2D eigenvalue weighted by atomic mass is 9.92. The Morgan fingerprint density at radius 2 is 1.97 bits per heavy atom. The Bertz CT molecular complexity index is 1310. The third-order valence-electron chi connectivity index (χ3n) is 5.76. The van der Waals surface area contributed by atoms with E-state index < -0.39 is 17.7 Å². The SMILES string of the molecule is COC(=O)C(=O)Nc1ccc(-c2cc3cc(F)c(-c4nn[nH]n4)cc3n2C2CCC2)cc1. The maximum atomic E-state index is 14.8. The molecule has 2 heterocycles. The molecule has 5 rings (SSSR count). The second kappa shape index (κ2) is 7.88. The summed E-state index contributed by atoms with van der Waals surface area (Å²) in [6.45, 7) is 0. The number of aromatic nitrogens is 5. The van der Waals surface area contributed by atoms with Crippen molar-refractivity contribution in [3.63, 3.8) is 0 Å². The van der Waals surface area contributed by atoms with Gasteiger partial charge in [0.15, 0.2) is 0 Å². The molecule has 2 aromatic carbocycles. The number of carbonyl (C=O) groups is 2. The van der Waals surface area contributed by atoms with Crippen LogP contribution in [0.5, 0.6) is 0 Å². The summed E-state index contributed by atoms with van der Waals surface area (Å²) in [6, 6.07) is 12.7. The van der Waals surface area contributed by atoms with E-state index in [0.717, 1.165) is 48.5 Å². The average Bonchev–Trinajstić information content (AvgIpc) is 3.40. The first-order valence-corrected chi connectivity index (χ1v) is 10.1. The Balaban J connectivity index is 1.56. The first-order valence-electron chi connectivity index (χ1n) is 10.1. The van der Waals surface area contributed by atoms with E-state index in [0.29, 0.717) is 11.7 Å². The highest BCUT2D eigenvalue weighted by atomic mass is 19.1. The number of methoxy groups -OCH3 is 1. The molecule has 162 valence electrons. The zero-order valence-electron chi connectivity index (χ0n) is 17.1. The number of ether oxygens (including phenoxy) is 1. The Kier molecular flexibility index (Phi) is 4.89. The number of hydrogen-bond donors (Lipinski definition) is 2. The van der Waals surface area contributed by atoms with Gasteiger partial charge >= 0.3 is 11.9 Å². The Hall–Kier alpha value is -4.08. The molecule has 0 bridgehead atoms. The summed E-state index contributed by atoms with van der Waals surface area (Å²) >= 11 is 0. The van der Waals surface area contributed by atoms with Crippen molar-refractivity contribution < 1.29 is 18.7 Å². The van der Waals surface area contributed by atoms with Gasteiger partial charge in [-0.25, -0.2) is 9.18 Å². The van der Waals surface area contributed by atoms with E-state index in [1.54, 1.807) is 18.2 Å². The van der Waals surface area contributed by atoms with Crippen molar-refractivity contribution in [1.29, 1.82) is 0 Å². The Morgan fingerprint density at radius 3 is 2.59 bits per heavy atom. The third kappa shape index (κ3) is 3.39. The summed E-state index contributed by atoms with van der Waals surface area (Å²) in [6.07, 6.45) is 3.22. The van der Waals surface area contributed by atoms with Gasteiger partial charge in [0, 0.05) is 28.3 Å². The van der Waals surface area contributed by atoms with Crippen LogP contribution < -0.4 is 5.32 Å². The highest BCUT2D eigenvalue weighted by molar-refractivity contribution is 6.37. The Morgan fingerprint density at radius 1 is 1.19 bits per heavy atom. The number of esters is 1. The quantitative estimate of drug-likeness (QED) is 0.376. The number of aromatic amines is 1. The Labute approximate surface area is 181 Å². The summed E-state index contributed by atoms with van der Waals surface area (Å²) in [5, 5.41) is 17.0. The second-order valence-corrected chi connectivity index (χ2v) is 7.63. The topological polar surface area (TPSA) is 115 Å². The minimum absolute atomic E-state index is 0.206. The molecule has 2 aromatic heterocycles. The van der Waals surface area contributed by atoms with Crippen molar-refractivity contribution in [1.82, 2.24) is 25.2 Å². The molecule has 1 aliphatic rings. The fourth-order valence-electron chi connectivity index (χ4n) is 3.96. The molecule has 0 atom stereocenters. The van der Waals surface area contributed by atoms with E-state index in [9.17, 15) is 14.0 Å². The van der Waals surface area contributed by atoms with E-state index in [1.807, 2.05) is 18.2 Å². The van der Waals surface area contributed by atoms with E-state index in [4.69, 9.17) is 0 Å². The summed E-state index contributed by atoms with van der Waals surface area (Å²) < 4.78 is 21.4. The number of H-pyrrole nitrogens is 1. The van der Waals surface area contributed by atoms with Crippen molar-refractivity contribution in [3.8, 4) is 22.6 Å². The molecule has 2 N–H and O–H groups in total. The van der Waals surface area contributed by atoms with Crippen molar-refractivity contribution in [2.24, 2.45) is 0 Å². The zero-order chi connectivity index (χ0) is 22.2. The van der Waals surface area contributed by atoms with Crippen molar-refractivity contribution >= 4 is 28.5 Å². The number of rotatable bonds is 4. The molecule has 1 aliphatic carbocycles. The summed E-state index contributed by atoms with van der Waals surface area (Å²) in [5.41, 5.74) is 3.51. The lowest BCUT2D eigenvalue weighted by molar-refractivity contribution is -0.150. The molecule has 0 aliphatic heterocycles. The molecule has 4 aromatic rings. The smallest absolute Gasteiger partial charge is 0.396 e. The standard InChI is InChI=1S/C22H19FN6O3/c1-32-22(31)21(30)24-14-7-5-12(6-8-14)18-10-13-9-17(23)16(20-25-27-28-26-20)11-19(13)29(18)15-3-2-4-15/h5-11,15H,2-4H2,1H3,(H,24,30)(H,25,26,27,28). The number of halogens is 1. The first kappa shape index (κ1) is 19.9. The van der Waals surface area contributed by atoms with Crippen LogP contribution in [0.3, 0.4) is 0 Å². The van der Waals surface area contributed by atoms with Crippen LogP contribution in [-0.2, 0) is 14.3 Å². The van der Waals surface area contributed by atoms with Crippen molar-refractivity contribution in [3.05, 3.63) is 48.3 Å². The van der Waals surface area contributed by atoms with Crippen molar-refractivity contribution in [2.75, 3.05) is 12.4 Å². The number of nitrogens with one attached hydrogen (secondary N) is 2. The molecule has 1 amide bonds. The number of benzene rings is 2. The molecular formula is C22H19FN6O3. The van der Waals surface area contributed by atoms with Gasteiger partial charge in [0.25, 0.3) is 0 Å². The summed E-state index contributed by atoms with van der Waals surface area (Å²) in [4.78, 5) is 23.0. The normalized spacial score (nSPS) is 13.7. The van der Waals surface area contributed by atoms with Gasteiger partial charge in [0.2, 0.25) is 5.82 Å². The number of amides is 1. The first-order chi connectivity index (χ1) is 15.5. The molecule has 10 heteroatoms. The van der Waals surface area contributed by atoms with Crippen LogP contribution in [0, 0.1) is 5.82 Å². The largest absolute Gasteiger partial charge is 0.462 e. The number of carbonyl (C=O) groups excluding carboxylic acids is 2. The van der Waals surface area contributed by atoms with E-state index in [2.05, 4.69) is 35.2 Å². The van der Waals surface area contributed by atoms with Crippen LogP contribution in [-0.4, -0.2) is 44.2 Å². The predicted molar refractivity (Wildman–Crippen MR) is 114 cm³/mol. The van der Waals surface area contributed by atoms with Gasteiger partial charge in [-0.05, 0) is 60.4 Å². The van der Waals surface area contributed by atoms with Crippen LogP contribution in [0.4, 0.5) is 10.1 Å². The molecule has 1 saturated carbocycles. The highest BCUT2D eigenvalue weighted by Crippen LogP contribution is 2.41. The van der Waals surface area contributed by atoms with Gasteiger partial charge in [-0.1, -0.05) is 12.1 Å². The third-order valence-corrected chi connectivity index (χ3v) is 5.76. The summed E-state index contributed by atoms with van der Waals surface area (Å²) in [5.74, 6) is -2.01. The average molecular weight is 434 g/mol. The van der Waals surface area contributed by atoms with E-state index in [-0.39, 0.29) is 11.4 Å². The van der Waals surface area contributed by atoms with Crippen LogP contribution >= 0.6 is 0 Å².